The van der Waals surface area contributed by atoms with Gasteiger partial charge in [0.05, 0.1) is 6.04 Å². The minimum Gasteiger partial charge on any atom is -0.487 e. The van der Waals surface area contributed by atoms with Gasteiger partial charge < -0.3 is 10.1 Å². The number of carbonyl (C=O) groups is 1. The van der Waals surface area contributed by atoms with Gasteiger partial charge in [0.25, 0.3) is 0 Å². The molecule has 0 spiro atoms. The number of nitrogens with one attached hydrogen (secondary N) is 1. The molecule has 1 amide bonds. The molecular weight excluding hydrogens is 342 g/mol. The average Bonchev–Trinajstić information content (AvgIpc) is 2.60. The summed E-state index contributed by atoms with van der Waals surface area (Å²) in [7, 11) is 0. The van der Waals surface area contributed by atoms with Crippen LogP contribution in [-0.2, 0) is 10.5 Å². The molecule has 4 heteroatoms. The average molecular weight is 370 g/mol. The zero-order valence-electron chi connectivity index (χ0n) is 15.7. The number of hydrogen-bond donors (Lipinski definition) is 1. The van der Waals surface area contributed by atoms with Crippen molar-refractivity contribution in [2.75, 3.05) is 5.75 Å². The third-order valence-electron chi connectivity index (χ3n) is 4.54. The fraction of sp³-hybridized carbons (Fsp3) is 0.409. The summed E-state index contributed by atoms with van der Waals surface area (Å²) in [6, 6.07) is 16.6. The predicted molar refractivity (Wildman–Crippen MR) is 109 cm³/mol. The molecule has 1 aliphatic heterocycles. The SMILES string of the molecule is Cc1ccc2c(c1)[C@H](NC(=O)CCSCc1ccccc1)CC(C)(C)O2. The van der Waals surface area contributed by atoms with Crippen LogP contribution in [0.3, 0.4) is 0 Å². The van der Waals surface area contributed by atoms with E-state index in [0.29, 0.717) is 6.42 Å². The van der Waals surface area contributed by atoms with Crippen LogP contribution in [0.5, 0.6) is 5.75 Å². The number of ether oxygens (including phenoxy) is 1. The monoisotopic (exact) mass is 369 g/mol. The Hall–Kier alpha value is -1.94. The van der Waals surface area contributed by atoms with Gasteiger partial charge in [-0.1, -0.05) is 48.0 Å². The van der Waals surface area contributed by atoms with Crippen LogP contribution in [0.25, 0.3) is 0 Å². The van der Waals surface area contributed by atoms with Gasteiger partial charge in [-0.05, 0) is 32.4 Å². The van der Waals surface area contributed by atoms with Crippen molar-refractivity contribution in [1.82, 2.24) is 5.32 Å². The number of hydrogen-bond acceptors (Lipinski definition) is 3. The van der Waals surface area contributed by atoms with Crippen LogP contribution in [0.2, 0.25) is 0 Å². The van der Waals surface area contributed by atoms with Crippen molar-refractivity contribution in [3.8, 4) is 5.75 Å². The number of amides is 1. The van der Waals surface area contributed by atoms with Crippen molar-refractivity contribution in [2.24, 2.45) is 0 Å². The minimum absolute atomic E-state index is 0.0141. The third kappa shape index (κ3) is 5.04. The Morgan fingerprint density at radius 1 is 1.23 bits per heavy atom. The van der Waals surface area contributed by atoms with Gasteiger partial charge in [-0.2, -0.15) is 11.8 Å². The van der Waals surface area contributed by atoms with Gasteiger partial charge in [0.15, 0.2) is 0 Å². The highest BCUT2D eigenvalue weighted by atomic mass is 32.2. The summed E-state index contributed by atoms with van der Waals surface area (Å²) in [4.78, 5) is 12.5. The maximum absolute atomic E-state index is 12.5. The van der Waals surface area contributed by atoms with Crippen molar-refractivity contribution >= 4 is 17.7 Å². The van der Waals surface area contributed by atoms with Crippen LogP contribution in [0.1, 0.15) is 49.4 Å². The first-order valence-corrected chi connectivity index (χ1v) is 10.3. The van der Waals surface area contributed by atoms with Gasteiger partial charge in [0, 0.05) is 29.9 Å². The summed E-state index contributed by atoms with van der Waals surface area (Å²) in [5.41, 5.74) is 3.30. The second-order valence-electron chi connectivity index (χ2n) is 7.52. The fourth-order valence-corrected chi connectivity index (χ4v) is 4.20. The quantitative estimate of drug-likeness (QED) is 0.725. The van der Waals surface area contributed by atoms with Gasteiger partial charge >= 0.3 is 0 Å². The maximum atomic E-state index is 12.5. The molecule has 26 heavy (non-hydrogen) atoms. The highest BCUT2D eigenvalue weighted by Crippen LogP contribution is 2.39. The molecule has 138 valence electrons. The van der Waals surface area contributed by atoms with E-state index in [2.05, 4.69) is 62.5 Å². The summed E-state index contributed by atoms with van der Waals surface area (Å²) >= 11 is 1.80. The number of aryl methyl sites for hydroxylation is 1. The van der Waals surface area contributed by atoms with Crippen molar-refractivity contribution in [2.45, 2.75) is 51.0 Å². The van der Waals surface area contributed by atoms with E-state index in [-0.39, 0.29) is 17.6 Å². The smallest absolute Gasteiger partial charge is 0.221 e. The Kier molecular flexibility index (Phi) is 5.92. The standard InChI is InChI=1S/C22H27NO2S/c1-16-9-10-20-18(13-16)19(14-22(2,3)25-20)23-21(24)11-12-26-15-17-7-5-4-6-8-17/h4-10,13,19H,11-12,14-15H2,1-3H3,(H,23,24)/t19-/m1/s1. The number of benzene rings is 2. The molecule has 2 aromatic rings. The lowest BCUT2D eigenvalue weighted by atomic mass is 9.89. The van der Waals surface area contributed by atoms with Crippen LogP contribution in [0, 0.1) is 6.92 Å². The fourth-order valence-electron chi connectivity index (χ4n) is 3.30. The van der Waals surface area contributed by atoms with Gasteiger partial charge in [-0.25, -0.2) is 0 Å². The van der Waals surface area contributed by atoms with E-state index in [9.17, 15) is 4.79 Å². The molecule has 0 saturated carbocycles. The summed E-state index contributed by atoms with van der Waals surface area (Å²) in [6.07, 6.45) is 1.32. The molecule has 0 bridgehead atoms. The molecule has 3 rings (SSSR count). The molecule has 0 saturated heterocycles. The summed E-state index contributed by atoms with van der Waals surface area (Å²) in [6.45, 7) is 6.22. The van der Waals surface area contributed by atoms with Gasteiger partial charge in [0.2, 0.25) is 5.91 Å². The zero-order valence-corrected chi connectivity index (χ0v) is 16.6. The highest BCUT2D eigenvalue weighted by Gasteiger charge is 2.34. The normalized spacial score (nSPS) is 17.9. The Balaban J connectivity index is 1.54. The Morgan fingerprint density at radius 3 is 2.77 bits per heavy atom. The number of thioether (sulfide) groups is 1. The third-order valence-corrected chi connectivity index (χ3v) is 5.57. The molecular formula is C22H27NO2S. The summed E-state index contributed by atoms with van der Waals surface area (Å²) in [5.74, 6) is 2.77. The molecule has 1 heterocycles. The highest BCUT2D eigenvalue weighted by molar-refractivity contribution is 7.98. The molecule has 1 atom stereocenters. The Morgan fingerprint density at radius 2 is 2.00 bits per heavy atom. The van der Waals surface area contributed by atoms with E-state index in [4.69, 9.17) is 4.74 Å². The first kappa shape index (κ1) is 18.8. The van der Waals surface area contributed by atoms with Crippen molar-refractivity contribution in [3.63, 3.8) is 0 Å². The predicted octanol–water partition coefficient (Wildman–Crippen LogP) is 5.04. The van der Waals surface area contributed by atoms with E-state index in [1.807, 2.05) is 12.1 Å². The van der Waals surface area contributed by atoms with E-state index >= 15 is 0 Å². The molecule has 2 aromatic carbocycles. The first-order chi connectivity index (χ1) is 12.4. The van der Waals surface area contributed by atoms with Crippen molar-refractivity contribution in [3.05, 3.63) is 65.2 Å². The van der Waals surface area contributed by atoms with Crippen LogP contribution < -0.4 is 10.1 Å². The Labute approximate surface area is 160 Å². The van der Waals surface area contributed by atoms with Crippen molar-refractivity contribution in [1.29, 1.82) is 0 Å². The van der Waals surface area contributed by atoms with Crippen LogP contribution in [0.4, 0.5) is 0 Å². The molecule has 0 aliphatic carbocycles. The van der Waals surface area contributed by atoms with E-state index in [1.54, 1.807) is 11.8 Å². The minimum atomic E-state index is -0.276. The number of carbonyl (C=O) groups excluding carboxylic acids is 1. The Bertz CT molecular complexity index is 758. The maximum Gasteiger partial charge on any atom is 0.221 e. The van der Waals surface area contributed by atoms with Crippen LogP contribution in [-0.4, -0.2) is 17.3 Å². The zero-order chi connectivity index (χ0) is 18.6. The molecule has 0 unspecified atom stereocenters. The summed E-state index contributed by atoms with van der Waals surface area (Å²) in [5, 5.41) is 3.22. The lowest BCUT2D eigenvalue weighted by molar-refractivity contribution is -0.121. The molecule has 1 N–H and O–H groups in total. The van der Waals surface area contributed by atoms with Crippen LogP contribution >= 0.6 is 11.8 Å². The van der Waals surface area contributed by atoms with Gasteiger partial charge in [-0.15, -0.1) is 0 Å². The second-order valence-corrected chi connectivity index (χ2v) is 8.62. The lowest BCUT2D eigenvalue weighted by Gasteiger charge is -2.38. The second kappa shape index (κ2) is 8.17. The van der Waals surface area contributed by atoms with Gasteiger partial charge in [0.1, 0.15) is 11.4 Å². The number of fused-ring (bicyclic) bond motifs is 1. The van der Waals surface area contributed by atoms with E-state index < -0.39 is 0 Å². The largest absolute Gasteiger partial charge is 0.487 e. The number of rotatable bonds is 6. The lowest BCUT2D eigenvalue weighted by Crippen LogP contribution is -2.41. The molecule has 0 aromatic heterocycles. The van der Waals surface area contributed by atoms with E-state index in [1.165, 1.54) is 11.1 Å². The van der Waals surface area contributed by atoms with E-state index in [0.717, 1.165) is 29.2 Å². The summed E-state index contributed by atoms with van der Waals surface area (Å²) < 4.78 is 6.08. The topological polar surface area (TPSA) is 38.3 Å². The molecule has 1 aliphatic rings. The molecule has 3 nitrogen and oxygen atoms in total. The van der Waals surface area contributed by atoms with Gasteiger partial charge in [-0.3, -0.25) is 4.79 Å². The van der Waals surface area contributed by atoms with Crippen molar-refractivity contribution < 1.29 is 9.53 Å². The first-order valence-electron chi connectivity index (χ1n) is 9.13. The molecule has 0 fully saturated rings. The molecule has 0 radical (unpaired) electrons. The van der Waals surface area contributed by atoms with Crippen LogP contribution in [0.15, 0.2) is 48.5 Å².